The van der Waals surface area contributed by atoms with Crippen LogP contribution in [0.2, 0.25) is 0 Å². The van der Waals surface area contributed by atoms with Crippen LogP contribution in [-0.2, 0) is 11.4 Å². The van der Waals surface area contributed by atoms with Gasteiger partial charge >= 0.3 is 0 Å². The molecule has 2 aromatic rings. The lowest BCUT2D eigenvalue weighted by Gasteiger charge is -2.20. The first-order chi connectivity index (χ1) is 13.9. The number of carbonyl (C=O) groups excluding carboxylic acids is 1. The lowest BCUT2D eigenvalue weighted by molar-refractivity contribution is -0.123. The van der Waals surface area contributed by atoms with Crippen LogP contribution in [0.15, 0.2) is 58.4 Å². The zero-order chi connectivity index (χ0) is 21.0. The van der Waals surface area contributed by atoms with Gasteiger partial charge < -0.3 is 4.74 Å². The monoisotopic (exact) mass is 412 g/mol. The molecule has 0 unspecified atom stereocenters. The van der Waals surface area contributed by atoms with Crippen molar-refractivity contribution in [3.63, 3.8) is 0 Å². The molecule has 1 fully saturated rings. The SMILES string of the molecule is CC(C)N=C1S/C(=C/c2ccccc2OCc2ccccc2F)C(=O)N1C(C)C. The molecule has 1 amide bonds. The van der Waals surface area contributed by atoms with E-state index in [0.717, 1.165) is 10.7 Å². The van der Waals surface area contributed by atoms with Gasteiger partial charge in [-0.15, -0.1) is 0 Å². The zero-order valence-electron chi connectivity index (χ0n) is 17.1. The van der Waals surface area contributed by atoms with Gasteiger partial charge in [0.05, 0.1) is 4.91 Å². The van der Waals surface area contributed by atoms with Crippen LogP contribution in [0.1, 0.15) is 38.8 Å². The second-order valence-corrected chi connectivity index (χ2v) is 8.31. The van der Waals surface area contributed by atoms with Crippen molar-refractivity contribution in [1.29, 1.82) is 0 Å². The lowest BCUT2D eigenvalue weighted by atomic mass is 10.1. The summed E-state index contributed by atoms with van der Waals surface area (Å²) in [5.74, 6) is 0.238. The molecule has 3 rings (SSSR count). The molecule has 0 atom stereocenters. The van der Waals surface area contributed by atoms with Crippen LogP contribution in [0, 0.1) is 5.82 Å². The number of aliphatic imine (C=N–C) groups is 1. The predicted molar refractivity (Wildman–Crippen MR) is 117 cm³/mol. The minimum atomic E-state index is -0.299. The second kappa shape index (κ2) is 9.27. The number of hydrogen-bond donors (Lipinski definition) is 0. The van der Waals surface area contributed by atoms with Crippen molar-refractivity contribution < 1.29 is 13.9 Å². The van der Waals surface area contributed by atoms with Gasteiger partial charge in [-0.1, -0.05) is 36.4 Å². The maximum absolute atomic E-state index is 13.9. The Labute approximate surface area is 175 Å². The van der Waals surface area contributed by atoms with E-state index in [1.807, 2.05) is 58.0 Å². The Hall–Kier alpha value is -2.60. The number of nitrogens with zero attached hydrogens (tertiary/aromatic N) is 2. The highest BCUT2D eigenvalue weighted by Gasteiger charge is 2.35. The molecule has 0 aliphatic carbocycles. The molecule has 2 aromatic carbocycles. The summed E-state index contributed by atoms with van der Waals surface area (Å²) in [6.45, 7) is 8.05. The molecular weight excluding hydrogens is 387 g/mol. The number of ether oxygens (including phenoxy) is 1. The Morgan fingerprint density at radius 1 is 1.10 bits per heavy atom. The topological polar surface area (TPSA) is 41.9 Å². The van der Waals surface area contributed by atoms with Crippen LogP contribution < -0.4 is 4.74 Å². The molecule has 6 heteroatoms. The molecule has 0 bridgehead atoms. The fourth-order valence-electron chi connectivity index (χ4n) is 2.90. The summed E-state index contributed by atoms with van der Waals surface area (Å²) >= 11 is 1.38. The Morgan fingerprint density at radius 2 is 1.79 bits per heavy atom. The van der Waals surface area contributed by atoms with Crippen LogP contribution in [0.5, 0.6) is 5.75 Å². The molecule has 1 aliphatic rings. The minimum Gasteiger partial charge on any atom is -0.488 e. The number of halogens is 1. The quantitative estimate of drug-likeness (QED) is 0.589. The first-order valence-electron chi connectivity index (χ1n) is 9.63. The molecule has 0 aromatic heterocycles. The Kier molecular flexibility index (Phi) is 6.75. The molecule has 0 radical (unpaired) electrons. The number of para-hydroxylation sites is 1. The third kappa shape index (κ3) is 5.07. The lowest BCUT2D eigenvalue weighted by Crippen LogP contribution is -2.35. The average Bonchev–Trinajstić information content (AvgIpc) is 2.96. The van der Waals surface area contributed by atoms with Crippen LogP contribution in [0.4, 0.5) is 4.39 Å². The predicted octanol–water partition coefficient (Wildman–Crippen LogP) is 5.49. The van der Waals surface area contributed by atoms with Crippen molar-refractivity contribution in [2.75, 3.05) is 0 Å². The summed E-state index contributed by atoms with van der Waals surface area (Å²) in [4.78, 5) is 19.9. The van der Waals surface area contributed by atoms with Gasteiger partial charge in [0.1, 0.15) is 18.2 Å². The third-order valence-electron chi connectivity index (χ3n) is 4.27. The van der Waals surface area contributed by atoms with Gasteiger partial charge in [-0.3, -0.25) is 14.7 Å². The van der Waals surface area contributed by atoms with E-state index >= 15 is 0 Å². The van der Waals surface area contributed by atoms with Crippen LogP contribution in [-0.4, -0.2) is 28.1 Å². The summed E-state index contributed by atoms with van der Waals surface area (Å²) in [6, 6.07) is 14.1. The number of amidine groups is 1. The standard InChI is InChI=1S/C23H25FN2O2S/c1-15(2)25-23-26(16(3)4)22(27)21(29-23)13-17-9-6-8-12-20(17)28-14-18-10-5-7-11-19(18)24/h5-13,15-16H,14H2,1-4H3/b21-13+,25-23?. The fraction of sp³-hybridized carbons (Fsp3) is 0.304. The Balaban J connectivity index is 1.87. The molecule has 1 heterocycles. The van der Waals surface area contributed by atoms with Crippen LogP contribution in [0.3, 0.4) is 0 Å². The Morgan fingerprint density at radius 3 is 2.48 bits per heavy atom. The molecule has 4 nitrogen and oxygen atoms in total. The molecule has 0 N–H and O–H groups in total. The number of hydrogen-bond acceptors (Lipinski definition) is 4. The highest BCUT2D eigenvalue weighted by molar-refractivity contribution is 8.18. The summed E-state index contributed by atoms with van der Waals surface area (Å²) in [7, 11) is 0. The van der Waals surface area contributed by atoms with Crippen molar-refractivity contribution in [3.8, 4) is 5.75 Å². The van der Waals surface area contributed by atoms with Gasteiger partial charge in [0.25, 0.3) is 5.91 Å². The molecular formula is C23H25FN2O2S. The summed E-state index contributed by atoms with van der Waals surface area (Å²) in [5.41, 5.74) is 1.26. The van der Waals surface area contributed by atoms with E-state index in [4.69, 9.17) is 4.74 Å². The van der Waals surface area contributed by atoms with E-state index < -0.39 is 0 Å². The molecule has 1 saturated heterocycles. The van der Waals surface area contributed by atoms with Crippen LogP contribution >= 0.6 is 11.8 Å². The number of thioether (sulfide) groups is 1. The van der Waals surface area contributed by atoms with Gasteiger partial charge in [0, 0.05) is 23.2 Å². The van der Waals surface area contributed by atoms with Gasteiger partial charge in [-0.25, -0.2) is 4.39 Å². The first kappa shape index (κ1) is 21.1. The van der Waals surface area contributed by atoms with E-state index in [1.54, 1.807) is 23.1 Å². The minimum absolute atomic E-state index is 0.0194. The van der Waals surface area contributed by atoms with Crippen molar-refractivity contribution in [3.05, 3.63) is 70.4 Å². The van der Waals surface area contributed by atoms with Crippen molar-refractivity contribution >= 4 is 28.9 Å². The van der Waals surface area contributed by atoms with E-state index in [9.17, 15) is 9.18 Å². The smallest absolute Gasteiger partial charge is 0.266 e. The van der Waals surface area contributed by atoms with E-state index in [0.29, 0.717) is 16.2 Å². The summed E-state index contributed by atoms with van der Waals surface area (Å²) in [6.07, 6.45) is 1.82. The summed E-state index contributed by atoms with van der Waals surface area (Å²) in [5, 5.41) is 0.719. The van der Waals surface area contributed by atoms with Crippen molar-refractivity contribution in [2.45, 2.75) is 46.4 Å². The highest BCUT2D eigenvalue weighted by Crippen LogP contribution is 2.35. The van der Waals surface area contributed by atoms with Crippen molar-refractivity contribution in [1.82, 2.24) is 4.90 Å². The molecule has 1 aliphatic heterocycles. The maximum atomic E-state index is 13.9. The fourth-order valence-corrected chi connectivity index (χ4v) is 4.12. The molecule has 0 saturated carbocycles. The van der Waals surface area contributed by atoms with Crippen LogP contribution in [0.25, 0.3) is 6.08 Å². The number of amides is 1. The molecule has 0 spiro atoms. The average molecular weight is 413 g/mol. The Bertz CT molecular complexity index is 953. The number of carbonyl (C=O) groups is 1. The largest absolute Gasteiger partial charge is 0.488 e. The van der Waals surface area contributed by atoms with Gasteiger partial charge in [0.15, 0.2) is 5.17 Å². The van der Waals surface area contributed by atoms with E-state index in [1.165, 1.54) is 17.8 Å². The van der Waals surface area contributed by atoms with Gasteiger partial charge in [-0.05, 0) is 57.7 Å². The maximum Gasteiger partial charge on any atom is 0.266 e. The van der Waals surface area contributed by atoms with Gasteiger partial charge in [0.2, 0.25) is 0 Å². The van der Waals surface area contributed by atoms with Crippen molar-refractivity contribution in [2.24, 2.45) is 4.99 Å². The normalized spacial score (nSPS) is 17.2. The second-order valence-electron chi connectivity index (χ2n) is 7.30. The molecule has 152 valence electrons. The zero-order valence-corrected chi connectivity index (χ0v) is 17.9. The summed E-state index contributed by atoms with van der Waals surface area (Å²) < 4.78 is 19.7. The first-order valence-corrected chi connectivity index (χ1v) is 10.4. The van der Waals surface area contributed by atoms with Gasteiger partial charge in [-0.2, -0.15) is 0 Å². The third-order valence-corrected chi connectivity index (χ3v) is 5.27. The van der Waals surface area contributed by atoms with E-state index in [2.05, 4.69) is 4.99 Å². The number of benzene rings is 2. The highest BCUT2D eigenvalue weighted by atomic mass is 32.2. The van der Waals surface area contributed by atoms with E-state index in [-0.39, 0.29) is 30.4 Å². The molecule has 29 heavy (non-hydrogen) atoms. The number of rotatable bonds is 6.